The van der Waals surface area contributed by atoms with Crippen LogP contribution >= 0.6 is 11.6 Å². The lowest BCUT2D eigenvalue weighted by Gasteiger charge is -2.09. The summed E-state index contributed by atoms with van der Waals surface area (Å²) in [5.41, 5.74) is 7.45. The molecule has 0 saturated heterocycles. The van der Waals surface area contributed by atoms with Gasteiger partial charge >= 0.3 is 5.69 Å². The number of nitrogens with two attached hydrogens (primary N) is 1. The molecule has 0 bridgehead atoms. The van der Waals surface area contributed by atoms with Crippen molar-refractivity contribution in [3.8, 4) is 0 Å². The summed E-state index contributed by atoms with van der Waals surface area (Å²) < 4.78 is 0. The summed E-state index contributed by atoms with van der Waals surface area (Å²) in [4.78, 5) is 14.4. The van der Waals surface area contributed by atoms with E-state index in [-0.39, 0.29) is 16.5 Å². The van der Waals surface area contributed by atoms with Crippen LogP contribution in [-0.2, 0) is 13.1 Å². The molecule has 2 aromatic rings. The minimum Gasteiger partial charge on any atom is -0.360 e. The number of nitro groups is 1. The average molecular weight is 293 g/mol. The summed E-state index contributed by atoms with van der Waals surface area (Å²) in [5.74, 6) is 0.186. The van der Waals surface area contributed by atoms with E-state index in [4.69, 9.17) is 17.3 Å². The van der Waals surface area contributed by atoms with Gasteiger partial charge in [-0.2, -0.15) is 0 Å². The number of benzene rings is 1. The highest BCUT2D eigenvalue weighted by Gasteiger charge is 2.15. The Morgan fingerprint density at radius 3 is 2.70 bits per heavy atom. The number of nitrogens with zero attached hydrogens (tertiary/aromatic N) is 2. The van der Waals surface area contributed by atoms with E-state index in [1.807, 2.05) is 24.3 Å². The zero-order chi connectivity index (χ0) is 14.5. The van der Waals surface area contributed by atoms with Crippen LogP contribution in [0.2, 0.25) is 5.02 Å². The van der Waals surface area contributed by atoms with Crippen LogP contribution in [-0.4, -0.2) is 9.91 Å². The Hall–Kier alpha value is -2.18. The number of aromatic nitrogens is 1. The van der Waals surface area contributed by atoms with Gasteiger partial charge < -0.3 is 11.1 Å². The van der Waals surface area contributed by atoms with Crippen LogP contribution < -0.4 is 11.1 Å². The SMILES string of the molecule is NCc1ccccc1CNc1ncc(Cl)cc1[N+](=O)[O-]. The molecule has 1 heterocycles. The minimum atomic E-state index is -0.518. The van der Waals surface area contributed by atoms with E-state index < -0.39 is 4.92 Å². The predicted octanol–water partition coefficient (Wildman–Crippen LogP) is 2.71. The second-order valence-corrected chi connectivity index (χ2v) is 4.54. The van der Waals surface area contributed by atoms with Crippen molar-refractivity contribution in [1.82, 2.24) is 4.98 Å². The van der Waals surface area contributed by atoms with Crippen molar-refractivity contribution in [2.24, 2.45) is 5.73 Å². The lowest BCUT2D eigenvalue weighted by atomic mass is 10.1. The van der Waals surface area contributed by atoms with Crippen molar-refractivity contribution >= 4 is 23.1 Å². The largest absolute Gasteiger partial charge is 0.360 e. The van der Waals surface area contributed by atoms with Gasteiger partial charge in [-0.25, -0.2) is 4.98 Å². The van der Waals surface area contributed by atoms with Gasteiger partial charge in [-0.15, -0.1) is 0 Å². The Bertz CT molecular complexity index is 634. The van der Waals surface area contributed by atoms with Gasteiger partial charge in [-0.1, -0.05) is 35.9 Å². The first-order chi connectivity index (χ1) is 9.61. The maximum Gasteiger partial charge on any atom is 0.312 e. The Balaban J connectivity index is 2.21. The van der Waals surface area contributed by atoms with Crippen LogP contribution in [0.5, 0.6) is 0 Å². The van der Waals surface area contributed by atoms with Gasteiger partial charge in [-0.05, 0) is 11.1 Å². The monoisotopic (exact) mass is 292 g/mol. The normalized spacial score (nSPS) is 10.3. The van der Waals surface area contributed by atoms with Gasteiger partial charge in [0.05, 0.1) is 9.95 Å². The van der Waals surface area contributed by atoms with E-state index in [0.29, 0.717) is 13.1 Å². The first-order valence-electron chi connectivity index (χ1n) is 5.92. The Morgan fingerprint density at radius 2 is 2.05 bits per heavy atom. The third-order valence-corrected chi connectivity index (χ3v) is 3.02. The molecule has 0 aliphatic rings. The number of rotatable bonds is 5. The first-order valence-corrected chi connectivity index (χ1v) is 6.30. The number of halogens is 1. The fourth-order valence-corrected chi connectivity index (χ4v) is 1.96. The highest BCUT2D eigenvalue weighted by Crippen LogP contribution is 2.25. The van der Waals surface area contributed by atoms with Crippen molar-refractivity contribution in [1.29, 1.82) is 0 Å². The summed E-state index contributed by atoms with van der Waals surface area (Å²) in [6, 6.07) is 8.89. The Morgan fingerprint density at radius 1 is 1.35 bits per heavy atom. The molecular formula is C13H13ClN4O2. The van der Waals surface area contributed by atoms with Crippen LogP contribution in [0.15, 0.2) is 36.5 Å². The van der Waals surface area contributed by atoms with Crippen molar-refractivity contribution in [3.05, 3.63) is 62.8 Å². The predicted molar refractivity (Wildman–Crippen MR) is 77.6 cm³/mol. The van der Waals surface area contributed by atoms with Gasteiger partial charge in [0.15, 0.2) is 0 Å². The molecular weight excluding hydrogens is 280 g/mol. The maximum atomic E-state index is 11.0. The lowest BCUT2D eigenvalue weighted by Crippen LogP contribution is -2.08. The molecule has 0 atom stereocenters. The maximum absolute atomic E-state index is 11.0. The first kappa shape index (κ1) is 14.2. The molecule has 6 nitrogen and oxygen atoms in total. The Labute approximate surface area is 120 Å². The molecule has 0 radical (unpaired) electrons. The molecule has 104 valence electrons. The van der Waals surface area contributed by atoms with Crippen LogP contribution in [0.3, 0.4) is 0 Å². The molecule has 0 spiro atoms. The molecule has 2 rings (SSSR count). The van der Waals surface area contributed by atoms with Gasteiger partial charge in [0.2, 0.25) is 5.82 Å². The van der Waals surface area contributed by atoms with Crippen LogP contribution in [0.4, 0.5) is 11.5 Å². The van der Waals surface area contributed by atoms with E-state index >= 15 is 0 Å². The molecule has 3 N–H and O–H groups in total. The van der Waals surface area contributed by atoms with E-state index in [1.165, 1.54) is 12.3 Å². The Kier molecular flexibility index (Phi) is 4.49. The molecule has 0 aliphatic carbocycles. The lowest BCUT2D eigenvalue weighted by molar-refractivity contribution is -0.384. The molecule has 0 unspecified atom stereocenters. The highest BCUT2D eigenvalue weighted by atomic mass is 35.5. The summed E-state index contributed by atoms with van der Waals surface area (Å²) in [6.07, 6.45) is 1.37. The minimum absolute atomic E-state index is 0.150. The molecule has 0 aliphatic heterocycles. The highest BCUT2D eigenvalue weighted by molar-refractivity contribution is 6.30. The fraction of sp³-hybridized carbons (Fsp3) is 0.154. The molecule has 0 fully saturated rings. The fourth-order valence-electron chi connectivity index (χ4n) is 1.81. The van der Waals surface area contributed by atoms with E-state index in [1.54, 1.807) is 0 Å². The third kappa shape index (κ3) is 3.23. The summed E-state index contributed by atoms with van der Waals surface area (Å²) in [5, 5.41) is 14.1. The van der Waals surface area contributed by atoms with Gasteiger partial charge in [0, 0.05) is 25.4 Å². The van der Waals surface area contributed by atoms with Crippen LogP contribution in [0, 0.1) is 10.1 Å². The molecule has 1 aromatic heterocycles. The van der Waals surface area contributed by atoms with E-state index in [0.717, 1.165) is 11.1 Å². The zero-order valence-corrected chi connectivity index (χ0v) is 11.3. The van der Waals surface area contributed by atoms with Crippen LogP contribution in [0.25, 0.3) is 0 Å². The molecule has 1 aromatic carbocycles. The summed E-state index contributed by atoms with van der Waals surface area (Å²) >= 11 is 5.71. The molecule has 20 heavy (non-hydrogen) atoms. The smallest absolute Gasteiger partial charge is 0.312 e. The third-order valence-electron chi connectivity index (χ3n) is 2.82. The quantitative estimate of drug-likeness (QED) is 0.653. The number of pyridine rings is 1. The summed E-state index contributed by atoms with van der Waals surface area (Å²) in [6.45, 7) is 0.816. The van der Waals surface area contributed by atoms with E-state index in [2.05, 4.69) is 10.3 Å². The second-order valence-electron chi connectivity index (χ2n) is 4.10. The number of hydrogen-bond donors (Lipinski definition) is 2. The zero-order valence-electron chi connectivity index (χ0n) is 10.5. The standard InChI is InChI=1S/C13H13ClN4O2/c14-11-5-12(18(19)20)13(17-8-11)16-7-10-4-2-1-3-9(10)6-15/h1-5,8H,6-7,15H2,(H,16,17). The van der Waals surface area contributed by atoms with E-state index in [9.17, 15) is 10.1 Å². The number of hydrogen-bond acceptors (Lipinski definition) is 5. The number of anilines is 1. The van der Waals surface area contributed by atoms with Crippen molar-refractivity contribution < 1.29 is 4.92 Å². The van der Waals surface area contributed by atoms with Gasteiger partial charge in [0.1, 0.15) is 0 Å². The second kappa shape index (κ2) is 6.31. The average Bonchev–Trinajstić information content (AvgIpc) is 2.46. The van der Waals surface area contributed by atoms with Crippen molar-refractivity contribution in [3.63, 3.8) is 0 Å². The van der Waals surface area contributed by atoms with Crippen molar-refractivity contribution in [2.75, 3.05) is 5.32 Å². The molecule has 7 heteroatoms. The topological polar surface area (TPSA) is 94.1 Å². The number of nitrogens with one attached hydrogen (secondary N) is 1. The van der Waals surface area contributed by atoms with Crippen molar-refractivity contribution in [2.45, 2.75) is 13.1 Å². The molecule has 0 amide bonds. The van der Waals surface area contributed by atoms with Crippen LogP contribution in [0.1, 0.15) is 11.1 Å². The van der Waals surface area contributed by atoms with Gasteiger partial charge in [-0.3, -0.25) is 10.1 Å². The summed E-state index contributed by atoms with van der Waals surface area (Å²) in [7, 11) is 0. The van der Waals surface area contributed by atoms with Gasteiger partial charge in [0.25, 0.3) is 0 Å². The molecule has 0 saturated carbocycles.